The highest BCUT2D eigenvalue weighted by Crippen LogP contribution is 2.32. The molecule has 0 atom stereocenters. The van der Waals surface area contributed by atoms with Crippen LogP contribution in [0.25, 0.3) is 6.08 Å². The first kappa shape index (κ1) is 20.8. The normalized spacial score (nSPS) is 15.1. The van der Waals surface area contributed by atoms with Gasteiger partial charge >= 0.3 is 0 Å². The minimum Gasteiger partial charge on any atom is -0.545 e. The van der Waals surface area contributed by atoms with E-state index in [2.05, 4.69) is 12.2 Å². The predicted molar refractivity (Wildman–Crippen MR) is 115 cm³/mol. The van der Waals surface area contributed by atoms with Crippen LogP contribution in [0.1, 0.15) is 28.4 Å². The number of anilines is 1. The third kappa shape index (κ3) is 5.10. The summed E-state index contributed by atoms with van der Waals surface area (Å²) in [6.45, 7) is 1.85. The van der Waals surface area contributed by atoms with Crippen molar-refractivity contribution in [3.8, 4) is 0 Å². The molecule has 0 bridgehead atoms. The number of nitrogens with one attached hydrogen (secondary N) is 1. The van der Waals surface area contributed by atoms with E-state index >= 15 is 0 Å². The van der Waals surface area contributed by atoms with E-state index in [1.165, 1.54) is 34.7 Å². The number of hydrogen-bond acceptors (Lipinski definition) is 6. The van der Waals surface area contributed by atoms with Gasteiger partial charge in [-0.1, -0.05) is 67.3 Å². The number of carboxylic acids is 1. The highest BCUT2D eigenvalue weighted by molar-refractivity contribution is 8.26. The van der Waals surface area contributed by atoms with E-state index in [-0.39, 0.29) is 18.0 Å². The molecule has 1 aliphatic rings. The molecule has 148 valence electrons. The first-order chi connectivity index (χ1) is 13.9. The van der Waals surface area contributed by atoms with Crippen LogP contribution in [0.3, 0.4) is 0 Å². The number of thioether (sulfide) groups is 1. The van der Waals surface area contributed by atoms with Gasteiger partial charge in [0.15, 0.2) is 0 Å². The maximum atomic E-state index is 12.6. The Kier molecular flexibility index (Phi) is 6.46. The van der Waals surface area contributed by atoms with Crippen molar-refractivity contribution in [3.05, 3.63) is 70.1 Å². The number of benzene rings is 2. The summed E-state index contributed by atoms with van der Waals surface area (Å²) in [4.78, 5) is 37.4. The molecule has 1 saturated heterocycles. The third-order valence-corrected chi connectivity index (χ3v) is 5.64. The fourth-order valence-electron chi connectivity index (χ4n) is 2.67. The summed E-state index contributed by atoms with van der Waals surface area (Å²) in [5.74, 6) is -2.05. The van der Waals surface area contributed by atoms with E-state index in [0.29, 0.717) is 14.9 Å². The summed E-state index contributed by atoms with van der Waals surface area (Å²) < 4.78 is 0.314. The Morgan fingerprint density at radius 3 is 2.38 bits per heavy atom. The van der Waals surface area contributed by atoms with Crippen molar-refractivity contribution in [2.24, 2.45) is 0 Å². The van der Waals surface area contributed by atoms with Crippen LogP contribution < -0.4 is 10.4 Å². The number of hydrogen-bond donors (Lipinski definition) is 1. The molecule has 0 radical (unpaired) electrons. The first-order valence-electron chi connectivity index (χ1n) is 8.83. The number of carbonyl (C=O) groups excluding carboxylic acids is 3. The van der Waals surface area contributed by atoms with Gasteiger partial charge in [0.1, 0.15) is 10.9 Å². The molecule has 29 heavy (non-hydrogen) atoms. The molecule has 1 N–H and O–H groups in total. The van der Waals surface area contributed by atoms with Crippen molar-refractivity contribution in [2.45, 2.75) is 13.3 Å². The molecule has 0 spiro atoms. The molecule has 1 fully saturated rings. The Morgan fingerprint density at radius 1 is 1.14 bits per heavy atom. The Balaban J connectivity index is 1.65. The van der Waals surface area contributed by atoms with Crippen LogP contribution in [-0.2, 0) is 16.0 Å². The third-order valence-electron chi connectivity index (χ3n) is 4.27. The molecule has 1 heterocycles. The molecule has 0 aromatic heterocycles. The Labute approximate surface area is 177 Å². The predicted octanol–water partition coefficient (Wildman–Crippen LogP) is 2.45. The van der Waals surface area contributed by atoms with E-state index in [9.17, 15) is 19.5 Å². The SMILES string of the molecule is CCc1ccc(/C=C2\SC(=S)N(CC(=O)Nc3ccc(C(=O)[O-])cc3)C2=O)cc1. The van der Waals surface area contributed by atoms with Crippen LogP contribution >= 0.6 is 24.0 Å². The van der Waals surface area contributed by atoms with Gasteiger partial charge < -0.3 is 15.2 Å². The zero-order chi connectivity index (χ0) is 21.0. The van der Waals surface area contributed by atoms with Gasteiger partial charge in [-0.25, -0.2) is 0 Å². The van der Waals surface area contributed by atoms with Crippen LogP contribution in [0.4, 0.5) is 5.69 Å². The van der Waals surface area contributed by atoms with E-state index in [1.54, 1.807) is 6.08 Å². The van der Waals surface area contributed by atoms with E-state index in [4.69, 9.17) is 12.2 Å². The number of carboxylic acid groups (broad SMARTS) is 1. The summed E-state index contributed by atoms with van der Waals surface area (Å²) in [5.41, 5.74) is 2.52. The highest BCUT2D eigenvalue weighted by atomic mass is 32.2. The minimum absolute atomic E-state index is 0.0112. The minimum atomic E-state index is -1.29. The maximum absolute atomic E-state index is 12.6. The van der Waals surface area contributed by atoms with Crippen LogP contribution in [0.15, 0.2) is 53.4 Å². The van der Waals surface area contributed by atoms with Crippen LogP contribution in [0.5, 0.6) is 0 Å². The Bertz CT molecular complexity index is 998. The van der Waals surface area contributed by atoms with E-state index in [0.717, 1.165) is 23.7 Å². The first-order valence-corrected chi connectivity index (χ1v) is 10.1. The van der Waals surface area contributed by atoms with Gasteiger partial charge in [-0.3, -0.25) is 14.5 Å². The second kappa shape index (κ2) is 9.02. The molecule has 8 heteroatoms. The fourth-order valence-corrected chi connectivity index (χ4v) is 3.93. The summed E-state index contributed by atoms with van der Waals surface area (Å²) in [6.07, 6.45) is 2.70. The molecule has 2 aromatic carbocycles. The summed E-state index contributed by atoms with van der Waals surface area (Å²) >= 11 is 6.41. The quantitative estimate of drug-likeness (QED) is 0.565. The van der Waals surface area contributed by atoms with Crippen LogP contribution in [0.2, 0.25) is 0 Å². The lowest BCUT2D eigenvalue weighted by atomic mass is 10.1. The largest absolute Gasteiger partial charge is 0.545 e. The van der Waals surface area contributed by atoms with Gasteiger partial charge in [-0.15, -0.1) is 0 Å². The number of aromatic carboxylic acids is 1. The Hall–Kier alpha value is -2.97. The van der Waals surface area contributed by atoms with Crippen LogP contribution in [0, 0.1) is 0 Å². The van der Waals surface area contributed by atoms with Crippen molar-refractivity contribution in [2.75, 3.05) is 11.9 Å². The number of rotatable bonds is 6. The molecule has 2 aromatic rings. The number of carbonyl (C=O) groups is 3. The average molecular weight is 426 g/mol. The molecule has 0 aliphatic carbocycles. The summed E-state index contributed by atoms with van der Waals surface area (Å²) in [5, 5.41) is 13.4. The summed E-state index contributed by atoms with van der Waals surface area (Å²) in [7, 11) is 0. The number of nitrogens with zero attached hydrogens (tertiary/aromatic N) is 1. The zero-order valence-corrected chi connectivity index (χ0v) is 17.1. The lowest BCUT2D eigenvalue weighted by molar-refractivity contribution is -0.255. The smallest absolute Gasteiger partial charge is 0.266 e. The van der Waals surface area contributed by atoms with Gasteiger partial charge in [0.25, 0.3) is 5.91 Å². The second-order valence-electron chi connectivity index (χ2n) is 6.28. The molecule has 1 aliphatic heterocycles. The zero-order valence-electron chi connectivity index (χ0n) is 15.5. The summed E-state index contributed by atoms with van der Waals surface area (Å²) in [6, 6.07) is 13.5. The maximum Gasteiger partial charge on any atom is 0.266 e. The van der Waals surface area contributed by atoms with Crippen molar-refractivity contribution in [1.82, 2.24) is 4.90 Å². The van der Waals surface area contributed by atoms with Gasteiger partial charge in [0.2, 0.25) is 5.91 Å². The molecule has 6 nitrogen and oxygen atoms in total. The standard InChI is InChI=1S/C21H18N2O4S2/c1-2-13-3-5-14(6-4-13)11-17-19(25)23(21(28)29-17)12-18(24)22-16-9-7-15(8-10-16)20(26)27/h3-11H,2,12H2,1H3,(H,22,24)(H,26,27)/p-1/b17-11-. The molecule has 0 unspecified atom stereocenters. The highest BCUT2D eigenvalue weighted by Gasteiger charge is 2.33. The number of amides is 2. The van der Waals surface area contributed by atoms with Gasteiger partial charge in [-0.05, 0) is 41.3 Å². The Morgan fingerprint density at radius 2 is 1.79 bits per heavy atom. The molecule has 0 saturated carbocycles. The number of thiocarbonyl (C=S) groups is 1. The van der Waals surface area contributed by atoms with Crippen molar-refractivity contribution in [3.63, 3.8) is 0 Å². The molecular weight excluding hydrogens is 408 g/mol. The average Bonchev–Trinajstić information content (AvgIpc) is 2.96. The van der Waals surface area contributed by atoms with Gasteiger partial charge in [0.05, 0.1) is 10.9 Å². The lowest BCUT2D eigenvalue weighted by Gasteiger charge is -2.14. The number of aryl methyl sites for hydroxylation is 1. The van der Waals surface area contributed by atoms with Crippen molar-refractivity contribution < 1.29 is 19.5 Å². The van der Waals surface area contributed by atoms with Gasteiger partial charge in [-0.2, -0.15) is 0 Å². The molecule has 2 amide bonds. The van der Waals surface area contributed by atoms with E-state index < -0.39 is 11.9 Å². The van der Waals surface area contributed by atoms with Crippen LogP contribution in [-0.4, -0.2) is 33.5 Å². The topological polar surface area (TPSA) is 89.5 Å². The van der Waals surface area contributed by atoms with E-state index in [1.807, 2.05) is 24.3 Å². The molecule has 3 rings (SSSR count). The molecular formula is C21H17N2O4S2-. The second-order valence-corrected chi connectivity index (χ2v) is 7.95. The van der Waals surface area contributed by atoms with Crippen molar-refractivity contribution >= 4 is 57.8 Å². The fraction of sp³-hybridized carbons (Fsp3) is 0.143. The lowest BCUT2D eigenvalue weighted by Crippen LogP contribution is -2.36. The monoisotopic (exact) mass is 425 g/mol. The van der Waals surface area contributed by atoms with Crippen molar-refractivity contribution in [1.29, 1.82) is 0 Å². The van der Waals surface area contributed by atoms with Gasteiger partial charge in [0, 0.05) is 5.69 Å².